The van der Waals surface area contributed by atoms with Crippen molar-refractivity contribution in [2.45, 2.75) is 0 Å². The van der Waals surface area contributed by atoms with Crippen molar-refractivity contribution in [2.75, 3.05) is 62.8 Å². The molecule has 5 rings (SSSR count). The van der Waals surface area contributed by atoms with Crippen molar-refractivity contribution in [3.05, 3.63) is 48.5 Å². The first-order valence-corrected chi connectivity index (χ1v) is 11.4. The fourth-order valence-electron chi connectivity index (χ4n) is 3.68. The van der Waals surface area contributed by atoms with Gasteiger partial charge < -0.3 is 24.6 Å². The molecule has 0 radical (unpaired) electrons. The van der Waals surface area contributed by atoms with Crippen molar-refractivity contribution < 1.29 is 14.3 Å². The summed E-state index contributed by atoms with van der Waals surface area (Å²) in [5, 5.41) is 4.04. The maximum atomic E-state index is 12.6. The lowest BCUT2D eigenvalue weighted by Gasteiger charge is -2.28. The number of hydrogen-bond acceptors (Lipinski definition) is 9. The number of anilines is 3. The van der Waals surface area contributed by atoms with Gasteiger partial charge in [-0.15, -0.1) is 0 Å². The van der Waals surface area contributed by atoms with Crippen molar-refractivity contribution in [3.8, 4) is 10.4 Å². The van der Waals surface area contributed by atoms with Crippen LogP contribution in [0.3, 0.4) is 0 Å². The van der Waals surface area contributed by atoms with Gasteiger partial charge >= 0.3 is 0 Å². The van der Waals surface area contributed by atoms with Crippen LogP contribution in [0, 0.1) is 0 Å². The van der Waals surface area contributed by atoms with Crippen LogP contribution in [0.15, 0.2) is 42.9 Å². The smallest absolute Gasteiger partial charge is 0.272 e. The van der Waals surface area contributed by atoms with E-state index in [-0.39, 0.29) is 5.91 Å². The standard InChI is InChI=1S/C22H24N6O3S/c29-21(28-7-11-31-12-8-28)18-2-1-16(14-24-18)19-15-25-22(32-19)26-20-13-17(3-4-23-20)27-5-9-30-10-6-27/h1-4,13-15H,5-12H2,(H,23,25,26). The van der Waals surface area contributed by atoms with Gasteiger partial charge in [0.2, 0.25) is 0 Å². The van der Waals surface area contributed by atoms with Crippen molar-refractivity contribution in [2.24, 2.45) is 0 Å². The highest BCUT2D eigenvalue weighted by Gasteiger charge is 2.19. The maximum absolute atomic E-state index is 12.6. The molecule has 2 fully saturated rings. The van der Waals surface area contributed by atoms with Gasteiger partial charge in [0.1, 0.15) is 11.5 Å². The lowest BCUT2D eigenvalue weighted by Crippen LogP contribution is -2.41. The molecular weight excluding hydrogens is 428 g/mol. The van der Waals surface area contributed by atoms with E-state index in [1.54, 1.807) is 29.6 Å². The second-order valence-corrected chi connectivity index (χ2v) is 8.52. The molecule has 2 saturated heterocycles. The molecule has 3 aromatic rings. The number of thiazole rings is 1. The van der Waals surface area contributed by atoms with E-state index in [2.05, 4.69) is 25.2 Å². The molecular formula is C22H24N6O3S. The lowest BCUT2D eigenvalue weighted by atomic mass is 10.2. The zero-order valence-electron chi connectivity index (χ0n) is 17.6. The van der Waals surface area contributed by atoms with Gasteiger partial charge in [0.15, 0.2) is 5.13 Å². The van der Waals surface area contributed by atoms with Crippen LogP contribution in [0.1, 0.15) is 10.5 Å². The minimum atomic E-state index is -0.0577. The number of nitrogens with one attached hydrogen (secondary N) is 1. The summed E-state index contributed by atoms with van der Waals surface area (Å²) in [5.74, 6) is 0.692. The topological polar surface area (TPSA) is 92.7 Å². The predicted octanol–water partition coefficient (Wildman–Crippen LogP) is 2.65. The highest BCUT2D eigenvalue weighted by molar-refractivity contribution is 7.18. The van der Waals surface area contributed by atoms with Gasteiger partial charge in [-0.2, -0.15) is 0 Å². The maximum Gasteiger partial charge on any atom is 0.272 e. The van der Waals surface area contributed by atoms with Crippen LogP contribution in [0.5, 0.6) is 0 Å². The van der Waals surface area contributed by atoms with Gasteiger partial charge in [-0.25, -0.2) is 9.97 Å². The Bertz CT molecular complexity index is 1060. The number of hydrogen-bond donors (Lipinski definition) is 1. The highest BCUT2D eigenvalue weighted by Crippen LogP contribution is 2.30. The third kappa shape index (κ3) is 4.72. The molecule has 1 amide bonds. The molecule has 0 saturated carbocycles. The molecule has 0 spiro atoms. The summed E-state index contributed by atoms with van der Waals surface area (Å²) in [7, 11) is 0. The first-order valence-electron chi connectivity index (χ1n) is 10.6. The number of amides is 1. The summed E-state index contributed by atoms with van der Waals surface area (Å²) in [6.07, 6.45) is 5.33. The number of aromatic nitrogens is 3. The first-order chi connectivity index (χ1) is 15.8. The third-order valence-electron chi connectivity index (χ3n) is 5.43. The minimum absolute atomic E-state index is 0.0577. The van der Waals surface area contributed by atoms with Gasteiger partial charge in [-0.1, -0.05) is 11.3 Å². The molecule has 2 aliphatic heterocycles. The number of morpholine rings is 2. The van der Waals surface area contributed by atoms with E-state index in [0.717, 1.165) is 53.4 Å². The van der Waals surface area contributed by atoms with Crippen LogP contribution in [0.2, 0.25) is 0 Å². The highest BCUT2D eigenvalue weighted by atomic mass is 32.1. The van der Waals surface area contributed by atoms with Crippen LogP contribution in [0.25, 0.3) is 10.4 Å². The zero-order valence-corrected chi connectivity index (χ0v) is 18.4. The summed E-state index contributed by atoms with van der Waals surface area (Å²) in [6.45, 7) is 5.59. The minimum Gasteiger partial charge on any atom is -0.378 e. The molecule has 32 heavy (non-hydrogen) atoms. The van der Waals surface area contributed by atoms with Gasteiger partial charge in [0, 0.05) is 62.1 Å². The van der Waals surface area contributed by atoms with Crippen LogP contribution in [0.4, 0.5) is 16.6 Å². The monoisotopic (exact) mass is 452 g/mol. The summed E-state index contributed by atoms with van der Waals surface area (Å²) < 4.78 is 10.7. The van der Waals surface area contributed by atoms with Crippen LogP contribution >= 0.6 is 11.3 Å². The van der Waals surface area contributed by atoms with E-state index in [9.17, 15) is 4.79 Å². The molecule has 5 heterocycles. The number of nitrogens with zero attached hydrogens (tertiary/aromatic N) is 5. The summed E-state index contributed by atoms with van der Waals surface area (Å²) in [6, 6.07) is 7.72. The Kier molecular flexibility index (Phi) is 6.24. The SMILES string of the molecule is O=C(c1ccc(-c2cnc(Nc3cc(N4CCOCC4)ccn3)s2)cn1)N1CCOCC1. The molecule has 0 unspecified atom stereocenters. The Balaban J connectivity index is 1.25. The molecule has 0 aliphatic carbocycles. The fraction of sp³-hybridized carbons (Fsp3) is 0.364. The molecule has 0 bridgehead atoms. The Labute approximate surface area is 190 Å². The van der Waals surface area contributed by atoms with Gasteiger partial charge in [0.05, 0.1) is 31.3 Å². The Morgan fingerprint density at radius 1 is 0.938 bits per heavy atom. The summed E-state index contributed by atoms with van der Waals surface area (Å²) in [4.78, 5) is 30.9. The molecule has 166 valence electrons. The van der Waals surface area contributed by atoms with Crippen LogP contribution in [-0.2, 0) is 9.47 Å². The van der Waals surface area contributed by atoms with Gasteiger partial charge in [-0.05, 0) is 18.2 Å². The molecule has 2 aliphatic rings. The lowest BCUT2D eigenvalue weighted by molar-refractivity contribution is 0.0299. The second-order valence-electron chi connectivity index (χ2n) is 7.49. The predicted molar refractivity (Wildman–Crippen MR) is 123 cm³/mol. The quantitative estimate of drug-likeness (QED) is 0.632. The van der Waals surface area contributed by atoms with Gasteiger partial charge in [-0.3, -0.25) is 9.78 Å². The Hall–Kier alpha value is -3.08. The molecule has 3 aromatic heterocycles. The van der Waals surface area contributed by atoms with Crippen LogP contribution in [-0.4, -0.2) is 78.4 Å². The van der Waals surface area contributed by atoms with Crippen molar-refractivity contribution >= 4 is 33.9 Å². The molecule has 10 heteroatoms. The molecule has 0 atom stereocenters. The fourth-order valence-corrected chi connectivity index (χ4v) is 4.49. The second kappa shape index (κ2) is 9.60. The normalized spacial score (nSPS) is 16.8. The van der Waals surface area contributed by atoms with E-state index in [0.29, 0.717) is 32.0 Å². The largest absolute Gasteiger partial charge is 0.378 e. The molecule has 0 aromatic carbocycles. The summed E-state index contributed by atoms with van der Waals surface area (Å²) in [5.41, 5.74) is 2.49. The van der Waals surface area contributed by atoms with Crippen molar-refractivity contribution in [3.63, 3.8) is 0 Å². The van der Waals surface area contributed by atoms with Crippen molar-refractivity contribution in [1.29, 1.82) is 0 Å². The van der Waals surface area contributed by atoms with E-state index in [4.69, 9.17) is 9.47 Å². The number of carbonyl (C=O) groups is 1. The van der Waals surface area contributed by atoms with E-state index in [1.165, 1.54) is 11.3 Å². The Morgan fingerprint density at radius 3 is 2.47 bits per heavy atom. The van der Waals surface area contributed by atoms with E-state index >= 15 is 0 Å². The number of rotatable bonds is 5. The number of ether oxygens (including phenoxy) is 2. The molecule has 9 nitrogen and oxygen atoms in total. The molecule has 1 N–H and O–H groups in total. The van der Waals surface area contributed by atoms with Gasteiger partial charge in [0.25, 0.3) is 5.91 Å². The van der Waals surface area contributed by atoms with E-state index < -0.39 is 0 Å². The number of carbonyl (C=O) groups excluding carboxylic acids is 1. The Morgan fingerprint density at radius 2 is 1.72 bits per heavy atom. The van der Waals surface area contributed by atoms with E-state index in [1.807, 2.05) is 18.2 Å². The third-order valence-corrected chi connectivity index (χ3v) is 6.39. The summed E-state index contributed by atoms with van der Waals surface area (Å²) >= 11 is 1.52. The van der Waals surface area contributed by atoms with Crippen LogP contribution < -0.4 is 10.2 Å². The zero-order chi connectivity index (χ0) is 21.8. The first kappa shape index (κ1) is 20.8. The average molecular weight is 453 g/mol. The number of pyridine rings is 2. The average Bonchev–Trinajstić information content (AvgIpc) is 3.33. The van der Waals surface area contributed by atoms with Crippen molar-refractivity contribution in [1.82, 2.24) is 19.9 Å².